The number of rotatable bonds is 5. The van der Waals surface area contributed by atoms with E-state index in [1.54, 1.807) is 0 Å². The lowest BCUT2D eigenvalue weighted by Gasteiger charge is -2.37. The first-order valence-corrected chi connectivity index (χ1v) is 14.8. The summed E-state index contributed by atoms with van der Waals surface area (Å²) in [4.78, 5) is 16.8. The minimum absolute atomic E-state index is 0.00163. The standard InChI is InChI=1S/C19H39NO3Si2/c1-13-15(2)17(23-25(11,12)19(6,7)8)20-14-16(21)22-24(9,10)18(3,4)5/h13H,14H2,1-12H3/b15-13+,20-17?. The van der Waals surface area contributed by atoms with Crippen molar-refractivity contribution in [1.29, 1.82) is 0 Å². The van der Waals surface area contributed by atoms with E-state index in [0.29, 0.717) is 5.90 Å². The number of allylic oxidation sites excluding steroid dienone is 1. The molecule has 6 heteroatoms. The van der Waals surface area contributed by atoms with Gasteiger partial charge in [0, 0.05) is 5.57 Å². The molecule has 0 N–H and O–H groups in total. The first-order chi connectivity index (χ1) is 10.9. The SMILES string of the molecule is C/C=C(\C)C(=NCC(=O)O[Si](C)(C)C(C)(C)C)O[Si](C)(C)C(C)(C)C. The largest absolute Gasteiger partial charge is 0.531 e. The molecule has 0 aliphatic carbocycles. The average molecular weight is 386 g/mol. The summed E-state index contributed by atoms with van der Waals surface area (Å²) >= 11 is 0. The van der Waals surface area contributed by atoms with Gasteiger partial charge in [0.25, 0.3) is 16.6 Å². The Morgan fingerprint density at radius 3 is 1.68 bits per heavy atom. The van der Waals surface area contributed by atoms with Crippen LogP contribution in [0, 0.1) is 0 Å². The van der Waals surface area contributed by atoms with Crippen LogP contribution in [-0.4, -0.2) is 35.0 Å². The highest BCUT2D eigenvalue weighted by Gasteiger charge is 2.41. The number of hydrogen-bond donors (Lipinski definition) is 0. The van der Waals surface area contributed by atoms with Crippen LogP contribution in [0.5, 0.6) is 0 Å². The van der Waals surface area contributed by atoms with Crippen LogP contribution >= 0.6 is 0 Å². The van der Waals surface area contributed by atoms with E-state index in [1.165, 1.54) is 0 Å². The van der Waals surface area contributed by atoms with Gasteiger partial charge in [-0.05, 0) is 50.1 Å². The van der Waals surface area contributed by atoms with Crippen LogP contribution in [0.4, 0.5) is 0 Å². The fourth-order valence-corrected chi connectivity index (χ4v) is 3.32. The van der Waals surface area contributed by atoms with Gasteiger partial charge in [0.2, 0.25) is 0 Å². The highest BCUT2D eigenvalue weighted by Crippen LogP contribution is 2.38. The molecule has 0 aromatic rings. The zero-order valence-corrected chi connectivity index (χ0v) is 20.5. The zero-order valence-electron chi connectivity index (χ0n) is 18.5. The maximum Gasteiger partial charge on any atom is 0.314 e. The molecule has 0 rings (SSSR count). The molecule has 0 saturated heterocycles. The Hall–Kier alpha value is -0.886. The second-order valence-corrected chi connectivity index (χ2v) is 19.1. The summed E-state index contributed by atoms with van der Waals surface area (Å²) in [5, 5.41) is 0.0650. The lowest BCUT2D eigenvalue weighted by atomic mass is 10.2. The van der Waals surface area contributed by atoms with E-state index >= 15 is 0 Å². The Morgan fingerprint density at radius 2 is 1.32 bits per heavy atom. The summed E-state index contributed by atoms with van der Waals surface area (Å²) in [5.41, 5.74) is 0.949. The molecule has 25 heavy (non-hydrogen) atoms. The summed E-state index contributed by atoms with van der Waals surface area (Å²) in [6.45, 7) is 25.3. The van der Waals surface area contributed by atoms with Crippen molar-refractivity contribution in [3.05, 3.63) is 11.6 Å². The molecular formula is C19H39NO3Si2. The fourth-order valence-electron chi connectivity index (χ4n) is 1.36. The molecule has 0 radical (unpaired) electrons. The molecule has 0 aliphatic rings. The third-order valence-corrected chi connectivity index (χ3v) is 14.1. The molecule has 0 amide bonds. The molecule has 0 aliphatic heterocycles. The molecule has 0 heterocycles. The number of carbonyl (C=O) groups excluding carboxylic acids is 1. The first kappa shape index (κ1) is 24.1. The van der Waals surface area contributed by atoms with E-state index in [4.69, 9.17) is 8.85 Å². The predicted octanol–water partition coefficient (Wildman–Crippen LogP) is 5.92. The van der Waals surface area contributed by atoms with Crippen molar-refractivity contribution in [1.82, 2.24) is 0 Å². The molecule has 0 atom stereocenters. The number of aliphatic imine (C=N–C) groups is 1. The summed E-state index contributed by atoms with van der Waals surface area (Å²) < 4.78 is 12.1. The van der Waals surface area contributed by atoms with Gasteiger partial charge in [0.05, 0.1) is 0 Å². The van der Waals surface area contributed by atoms with Crippen LogP contribution in [-0.2, 0) is 13.6 Å². The van der Waals surface area contributed by atoms with Crippen LogP contribution in [0.25, 0.3) is 0 Å². The molecule has 0 fully saturated rings. The Balaban J connectivity index is 5.31. The smallest absolute Gasteiger partial charge is 0.314 e. The van der Waals surface area contributed by atoms with Gasteiger partial charge in [-0.15, -0.1) is 0 Å². The van der Waals surface area contributed by atoms with Crippen LogP contribution < -0.4 is 0 Å². The van der Waals surface area contributed by atoms with Crippen molar-refractivity contribution in [3.63, 3.8) is 0 Å². The van der Waals surface area contributed by atoms with Gasteiger partial charge < -0.3 is 8.85 Å². The number of carbonyl (C=O) groups is 1. The molecular weight excluding hydrogens is 346 g/mol. The van der Waals surface area contributed by atoms with Crippen molar-refractivity contribution < 1.29 is 13.6 Å². The molecule has 0 aromatic carbocycles. The van der Waals surface area contributed by atoms with E-state index in [1.807, 2.05) is 19.9 Å². The Bertz CT molecular complexity index is 536. The van der Waals surface area contributed by atoms with Gasteiger partial charge in [0.15, 0.2) is 5.90 Å². The lowest BCUT2D eigenvalue weighted by Crippen LogP contribution is -2.44. The van der Waals surface area contributed by atoms with Crippen molar-refractivity contribution in [2.24, 2.45) is 4.99 Å². The van der Waals surface area contributed by atoms with Crippen LogP contribution in [0.3, 0.4) is 0 Å². The fraction of sp³-hybridized carbons (Fsp3) is 0.789. The molecule has 146 valence electrons. The van der Waals surface area contributed by atoms with Gasteiger partial charge in [-0.3, -0.25) is 4.79 Å². The molecule has 0 bridgehead atoms. The molecule has 0 unspecified atom stereocenters. The Labute approximate surface area is 157 Å². The maximum absolute atomic E-state index is 12.3. The second kappa shape index (κ2) is 8.21. The monoisotopic (exact) mass is 385 g/mol. The number of nitrogens with zero attached hydrogens (tertiary/aromatic N) is 1. The summed E-state index contributed by atoms with van der Waals surface area (Å²) in [5.74, 6) is 0.299. The van der Waals surface area contributed by atoms with Crippen molar-refractivity contribution in [3.8, 4) is 0 Å². The van der Waals surface area contributed by atoms with Gasteiger partial charge in [0.1, 0.15) is 6.54 Å². The molecule has 0 spiro atoms. The van der Waals surface area contributed by atoms with Gasteiger partial charge in [-0.1, -0.05) is 47.6 Å². The van der Waals surface area contributed by atoms with Gasteiger partial charge in [-0.25, -0.2) is 4.99 Å². The van der Waals surface area contributed by atoms with E-state index in [-0.39, 0.29) is 22.6 Å². The highest BCUT2D eigenvalue weighted by atomic mass is 28.4. The maximum atomic E-state index is 12.3. The summed E-state index contributed by atoms with van der Waals surface area (Å²) in [6, 6.07) is 0. The van der Waals surface area contributed by atoms with Crippen LogP contribution in [0.2, 0.25) is 36.3 Å². The Morgan fingerprint density at radius 1 is 0.920 bits per heavy atom. The minimum Gasteiger partial charge on any atom is -0.531 e. The third-order valence-electron chi connectivity index (χ3n) is 5.46. The average Bonchev–Trinajstić information content (AvgIpc) is 2.39. The zero-order chi connectivity index (χ0) is 20.3. The van der Waals surface area contributed by atoms with Crippen molar-refractivity contribution >= 4 is 28.5 Å². The van der Waals surface area contributed by atoms with E-state index < -0.39 is 16.6 Å². The molecule has 0 saturated carbocycles. The quantitative estimate of drug-likeness (QED) is 0.335. The van der Waals surface area contributed by atoms with Crippen LogP contribution in [0.15, 0.2) is 16.6 Å². The van der Waals surface area contributed by atoms with Gasteiger partial charge >= 0.3 is 5.97 Å². The first-order valence-electron chi connectivity index (χ1n) is 9.03. The summed E-state index contributed by atoms with van der Waals surface area (Å²) in [6.07, 6.45) is 1.96. The molecule has 0 aromatic heterocycles. The third kappa shape index (κ3) is 7.09. The van der Waals surface area contributed by atoms with Crippen LogP contribution in [0.1, 0.15) is 55.4 Å². The summed E-state index contributed by atoms with van der Waals surface area (Å²) in [7, 11) is -4.13. The number of hydrogen-bond acceptors (Lipinski definition) is 4. The van der Waals surface area contributed by atoms with E-state index in [2.05, 4.69) is 72.7 Å². The minimum atomic E-state index is -2.12. The predicted molar refractivity (Wildman–Crippen MR) is 113 cm³/mol. The lowest BCUT2D eigenvalue weighted by molar-refractivity contribution is -0.133. The van der Waals surface area contributed by atoms with Crippen molar-refractivity contribution in [2.45, 2.75) is 91.7 Å². The molecule has 4 nitrogen and oxygen atoms in total. The van der Waals surface area contributed by atoms with Crippen molar-refractivity contribution in [2.75, 3.05) is 6.54 Å². The highest BCUT2D eigenvalue weighted by molar-refractivity contribution is 6.76. The van der Waals surface area contributed by atoms with E-state index in [0.717, 1.165) is 5.57 Å². The Kier molecular flexibility index (Phi) is 7.92. The topological polar surface area (TPSA) is 47.9 Å². The van der Waals surface area contributed by atoms with E-state index in [9.17, 15) is 4.79 Å². The second-order valence-electron chi connectivity index (χ2n) is 9.69. The van der Waals surface area contributed by atoms with Gasteiger partial charge in [-0.2, -0.15) is 0 Å². The normalized spacial score (nSPS) is 15.2.